The predicted octanol–water partition coefficient (Wildman–Crippen LogP) is 3.13. The Morgan fingerprint density at radius 3 is 2.68 bits per heavy atom. The number of halogens is 1. The van der Waals surface area contributed by atoms with Gasteiger partial charge in [-0.15, -0.1) is 0 Å². The van der Waals surface area contributed by atoms with E-state index in [-0.39, 0.29) is 0 Å². The van der Waals surface area contributed by atoms with Crippen LogP contribution in [0, 0.1) is 0 Å². The zero-order chi connectivity index (χ0) is 17.4. The molecule has 0 unspecified atom stereocenters. The molecule has 5 nitrogen and oxygen atoms in total. The van der Waals surface area contributed by atoms with Crippen molar-refractivity contribution in [2.75, 3.05) is 20.2 Å². The van der Waals surface area contributed by atoms with Crippen LogP contribution >= 0.6 is 15.9 Å². The highest BCUT2D eigenvalue weighted by molar-refractivity contribution is 9.10. The van der Waals surface area contributed by atoms with Gasteiger partial charge in [-0.05, 0) is 41.8 Å². The molecule has 2 aromatic rings. The molecule has 0 spiro atoms. The highest BCUT2D eigenvalue weighted by Gasteiger charge is 2.49. The molecule has 25 heavy (non-hydrogen) atoms. The lowest BCUT2D eigenvalue weighted by Crippen LogP contribution is -2.46. The molecule has 0 amide bonds. The lowest BCUT2D eigenvalue weighted by Gasteiger charge is -2.33. The lowest BCUT2D eigenvalue weighted by molar-refractivity contribution is 0.414. The van der Waals surface area contributed by atoms with Crippen molar-refractivity contribution >= 4 is 27.7 Å². The van der Waals surface area contributed by atoms with E-state index in [4.69, 9.17) is 20.5 Å². The van der Waals surface area contributed by atoms with Gasteiger partial charge < -0.3 is 10.5 Å². The van der Waals surface area contributed by atoms with Gasteiger partial charge in [-0.3, -0.25) is 9.89 Å². The van der Waals surface area contributed by atoms with E-state index in [1.54, 1.807) is 7.11 Å². The van der Waals surface area contributed by atoms with Gasteiger partial charge in [-0.2, -0.15) is 0 Å². The van der Waals surface area contributed by atoms with Crippen LogP contribution in [0.5, 0.6) is 5.75 Å². The van der Waals surface area contributed by atoms with Gasteiger partial charge in [0.15, 0.2) is 11.5 Å². The summed E-state index contributed by atoms with van der Waals surface area (Å²) in [5.74, 6) is 2.24. The molecule has 4 rings (SSSR count). The van der Waals surface area contributed by atoms with Crippen molar-refractivity contribution in [3.05, 3.63) is 64.1 Å². The smallest absolute Gasteiger partial charge is 0.198 e. The summed E-state index contributed by atoms with van der Waals surface area (Å²) in [6.07, 6.45) is 0.983. The molecule has 2 aromatic carbocycles. The number of hydrogen-bond acceptors (Lipinski definition) is 5. The Kier molecular flexibility index (Phi) is 4.00. The fourth-order valence-corrected chi connectivity index (χ4v) is 3.92. The molecule has 0 bridgehead atoms. The van der Waals surface area contributed by atoms with E-state index >= 15 is 0 Å². The Morgan fingerprint density at radius 2 is 1.96 bits per heavy atom. The van der Waals surface area contributed by atoms with Crippen LogP contribution in [-0.4, -0.2) is 36.9 Å². The number of amidine groups is 1. The van der Waals surface area contributed by atoms with Crippen LogP contribution < -0.4 is 10.5 Å². The van der Waals surface area contributed by atoms with Gasteiger partial charge in [0.05, 0.1) is 7.11 Å². The van der Waals surface area contributed by atoms with Crippen molar-refractivity contribution in [1.82, 2.24) is 4.90 Å². The molecular weight excluding hydrogens is 380 g/mol. The first-order valence-corrected chi connectivity index (χ1v) is 9.03. The van der Waals surface area contributed by atoms with Gasteiger partial charge in [0.25, 0.3) is 0 Å². The number of methoxy groups -OCH3 is 1. The average molecular weight is 399 g/mol. The van der Waals surface area contributed by atoms with E-state index in [0.29, 0.717) is 5.96 Å². The number of fused-ring (bicyclic) bond motifs is 1. The van der Waals surface area contributed by atoms with Crippen molar-refractivity contribution in [2.45, 2.75) is 12.0 Å². The van der Waals surface area contributed by atoms with E-state index < -0.39 is 5.54 Å². The number of nitrogens with zero attached hydrogens (tertiary/aromatic N) is 3. The molecule has 2 aliphatic heterocycles. The van der Waals surface area contributed by atoms with Gasteiger partial charge in [0, 0.05) is 17.6 Å². The number of aliphatic imine (C=N–C) groups is 2. The molecule has 6 heteroatoms. The van der Waals surface area contributed by atoms with Gasteiger partial charge in [0.2, 0.25) is 0 Å². The Bertz CT molecular complexity index is 862. The second kappa shape index (κ2) is 6.19. The summed E-state index contributed by atoms with van der Waals surface area (Å²) in [6.45, 7) is 1.64. The Balaban J connectivity index is 1.97. The first-order chi connectivity index (χ1) is 12.1. The van der Waals surface area contributed by atoms with Crippen molar-refractivity contribution in [3.8, 4) is 5.75 Å². The van der Waals surface area contributed by atoms with Crippen LogP contribution in [0.4, 0.5) is 0 Å². The zero-order valence-electron chi connectivity index (χ0n) is 13.9. The SMILES string of the molecule is COc1ccc([C@@]2(c3cccc(Br)c3)N=C(N)N3CCCN=C32)cc1. The third kappa shape index (κ3) is 2.52. The number of ether oxygens (including phenoxy) is 1. The van der Waals surface area contributed by atoms with E-state index in [1.807, 2.05) is 41.3 Å². The second-order valence-corrected chi connectivity index (χ2v) is 7.05. The minimum Gasteiger partial charge on any atom is -0.497 e. The van der Waals surface area contributed by atoms with E-state index in [0.717, 1.165) is 46.7 Å². The third-order valence-corrected chi connectivity index (χ3v) is 5.18. The van der Waals surface area contributed by atoms with Crippen LogP contribution in [0.1, 0.15) is 17.5 Å². The molecule has 2 aliphatic rings. The summed E-state index contributed by atoms with van der Waals surface area (Å²) in [4.78, 5) is 11.8. The van der Waals surface area contributed by atoms with Crippen molar-refractivity contribution in [3.63, 3.8) is 0 Å². The highest BCUT2D eigenvalue weighted by Crippen LogP contribution is 2.42. The fraction of sp³-hybridized carbons (Fsp3) is 0.263. The molecule has 0 aliphatic carbocycles. The van der Waals surface area contributed by atoms with E-state index in [9.17, 15) is 0 Å². The summed E-state index contributed by atoms with van der Waals surface area (Å²) in [5.41, 5.74) is 7.64. The van der Waals surface area contributed by atoms with Gasteiger partial charge in [-0.25, -0.2) is 4.99 Å². The van der Waals surface area contributed by atoms with Crippen molar-refractivity contribution in [2.24, 2.45) is 15.7 Å². The Morgan fingerprint density at radius 1 is 1.16 bits per heavy atom. The Labute approximate surface area is 155 Å². The maximum atomic E-state index is 6.29. The minimum atomic E-state index is -0.722. The van der Waals surface area contributed by atoms with Crippen molar-refractivity contribution < 1.29 is 4.74 Å². The van der Waals surface area contributed by atoms with Gasteiger partial charge in [0.1, 0.15) is 11.6 Å². The molecule has 1 atom stereocenters. The average Bonchev–Trinajstić information content (AvgIpc) is 2.96. The minimum absolute atomic E-state index is 0.522. The molecule has 2 heterocycles. The van der Waals surface area contributed by atoms with E-state index in [1.165, 1.54) is 0 Å². The maximum Gasteiger partial charge on any atom is 0.198 e. The molecule has 2 N–H and O–H groups in total. The number of hydrogen-bond donors (Lipinski definition) is 1. The highest BCUT2D eigenvalue weighted by atomic mass is 79.9. The summed E-state index contributed by atoms with van der Waals surface area (Å²) in [5, 5.41) is 0. The van der Waals surface area contributed by atoms with Gasteiger partial charge >= 0.3 is 0 Å². The lowest BCUT2D eigenvalue weighted by atomic mass is 9.82. The molecule has 128 valence electrons. The van der Waals surface area contributed by atoms with Crippen molar-refractivity contribution in [1.29, 1.82) is 0 Å². The summed E-state index contributed by atoms with van der Waals surface area (Å²) in [6, 6.07) is 16.2. The standard InChI is InChI=1S/C19H19BrN4O/c1-25-16-8-6-13(7-9-16)19(14-4-2-5-15(20)12-14)17-22-10-3-11-24(17)18(21)23-19/h2,4-9,12H,3,10-11H2,1H3,(H2,21,23)/t19-/m0/s1. The van der Waals surface area contributed by atoms with Crippen LogP contribution in [0.3, 0.4) is 0 Å². The number of rotatable bonds is 3. The van der Waals surface area contributed by atoms with Gasteiger partial charge in [-0.1, -0.05) is 40.2 Å². The molecule has 0 radical (unpaired) electrons. The van der Waals surface area contributed by atoms with Crippen LogP contribution in [0.15, 0.2) is 63.0 Å². The summed E-state index contributed by atoms with van der Waals surface area (Å²) in [7, 11) is 1.66. The first-order valence-electron chi connectivity index (χ1n) is 8.23. The molecular formula is C19H19BrN4O. The predicted molar refractivity (Wildman–Crippen MR) is 103 cm³/mol. The van der Waals surface area contributed by atoms with Crippen LogP contribution in [0.25, 0.3) is 0 Å². The molecule has 0 saturated heterocycles. The summed E-state index contributed by atoms with van der Waals surface area (Å²) < 4.78 is 6.31. The second-order valence-electron chi connectivity index (χ2n) is 6.13. The van der Waals surface area contributed by atoms with Crippen LogP contribution in [0.2, 0.25) is 0 Å². The molecule has 0 fully saturated rings. The van der Waals surface area contributed by atoms with Crippen LogP contribution in [-0.2, 0) is 5.54 Å². The topological polar surface area (TPSA) is 63.2 Å². The number of guanidine groups is 1. The largest absolute Gasteiger partial charge is 0.497 e. The molecule has 0 saturated carbocycles. The molecule has 0 aromatic heterocycles. The summed E-state index contributed by atoms with van der Waals surface area (Å²) >= 11 is 3.58. The number of benzene rings is 2. The first kappa shape index (κ1) is 16.1. The quantitative estimate of drug-likeness (QED) is 0.863. The number of nitrogens with two attached hydrogens (primary N) is 1. The Hall–Kier alpha value is -2.34. The fourth-order valence-electron chi connectivity index (χ4n) is 3.52. The van der Waals surface area contributed by atoms with E-state index in [2.05, 4.69) is 28.1 Å². The monoisotopic (exact) mass is 398 g/mol. The third-order valence-electron chi connectivity index (χ3n) is 4.69. The zero-order valence-corrected chi connectivity index (χ0v) is 15.5. The maximum absolute atomic E-state index is 6.29. The normalized spacial score (nSPS) is 22.2.